The SMILES string of the molecule is Cl.O=C(NCC(N1CCNCC1)C(F)(F)F)c1c[nH]c(=O)c(Br)c1. The van der Waals surface area contributed by atoms with Crippen molar-refractivity contribution in [3.05, 3.63) is 32.7 Å². The summed E-state index contributed by atoms with van der Waals surface area (Å²) in [7, 11) is 0. The van der Waals surface area contributed by atoms with Crippen LogP contribution in [0.4, 0.5) is 13.2 Å². The van der Waals surface area contributed by atoms with Gasteiger partial charge in [-0.05, 0) is 22.0 Å². The van der Waals surface area contributed by atoms with Gasteiger partial charge < -0.3 is 15.6 Å². The van der Waals surface area contributed by atoms with Gasteiger partial charge in [0.2, 0.25) is 0 Å². The van der Waals surface area contributed by atoms with Gasteiger partial charge in [0.05, 0.1) is 10.0 Å². The molecule has 136 valence electrons. The van der Waals surface area contributed by atoms with Gasteiger partial charge in [-0.15, -0.1) is 12.4 Å². The molecular weight excluding hydrogens is 417 g/mol. The number of carbonyl (C=O) groups excluding carboxylic acids is 1. The number of piperazine rings is 1. The second kappa shape index (κ2) is 8.84. The van der Waals surface area contributed by atoms with Crippen molar-refractivity contribution in [1.82, 2.24) is 20.5 Å². The Balaban J connectivity index is 0.00000288. The van der Waals surface area contributed by atoms with Crippen molar-refractivity contribution in [3.63, 3.8) is 0 Å². The third-order valence-corrected chi connectivity index (χ3v) is 4.14. The van der Waals surface area contributed by atoms with Crippen molar-refractivity contribution in [2.75, 3.05) is 32.7 Å². The van der Waals surface area contributed by atoms with Crippen molar-refractivity contribution in [3.8, 4) is 0 Å². The zero-order valence-electron chi connectivity index (χ0n) is 12.5. The predicted molar refractivity (Wildman–Crippen MR) is 88.6 cm³/mol. The predicted octanol–water partition coefficient (Wildman–Crippen LogP) is 1.13. The molecule has 0 spiro atoms. The highest BCUT2D eigenvalue weighted by Gasteiger charge is 2.43. The van der Waals surface area contributed by atoms with Crippen LogP contribution in [0.15, 0.2) is 21.5 Å². The molecule has 1 aromatic heterocycles. The molecule has 2 heterocycles. The average Bonchev–Trinajstić information content (AvgIpc) is 2.49. The molecule has 11 heteroatoms. The maximum atomic E-state index is 13.2. The van der Waals surface area contributed by atoms with Crippen LogP contribution in [0.2, 0.25) is 0 Å². The first-order valence-corrected chi connectivity index (χ1v) is 7.76. The van der Waals surface area contributed by atoms with Crippen LogP contribution in [-0.4, -0.2) is 60.7 Å². The van der Waals surface area contributed by atoms with Gasteiger partial charge in [-0.3, -0.25) is 14.5 Å². The lowest BCUT2D eigenvalue weighted by Gasteiger charge is -2.35. The molecule has 0 aliphatic carbocycles. The first-order chi connectivity index (χ1) is 10.8. The minimum Gasteiger partial charge on any atom is -0.350 e. The summed E-state index contributed by atoms with van der Waals surface area (Å²) in [6, 6.07) is -0.471. The number of carbonyl (C=O) groups is 1. The van der Waals surface area contributed by atoms with Crippen molar-refractivity contribution in [2.24, 2.45) is 0 Å². The lowest BCUT2D eigenvalue weighted by molar-refractivity contribution is -0.183. The molecule has 2 rings (SSSR count). The molecule has 1 amide bonds. The van der Waals surface area contributed by atoms with Crippen LogP contribution in [0.5, 0.6) is 0 Å². The van der Waals surface area contributed by atoms with Crippen LogP contribution in [-0.2, 0) is 0 Å². The molecule has 0 saturated carbocycles. The van der Waals surface area contributed by atoms with Gasteiger partial charge in [0.1, 0.15) is 6.04 Å². The Morgan fingerprint density at radius 3 is 2.54 bits per heavy atom. The van der Waals surface area contributed by atoms with Gasteiger partial charge >= 0.3 is 6.18 Å². The summed E-state index contributed by atoms with van der Waals surface area (Å²) in [4.78, 5) is 26.8. The number of aromatic amines is 1. The van der Waals surface area contributed by atoms with E-state index in [9.17, 15) is 22.8 Å². The van der Waals surface area contributed by atoms with Gasteiger partial charge in [-0.25, -0.2) is 0 Å². The topological polar surface area (TPSA) is 77.2 Å². The van der Waals surface area contributed by atoms with E-state index in [0.29, 0.717) is 13.1 Å². The molecule has 1 saturated heterocycles. The fraction of sp³-hybridized carbons (Fsp3) is 0.538. The van der Waals surface area contributed by atoms with E-state index in [1.54, 1.807) is 0 Å². The highest BCUT2D eigenvalue weighted by atomic mass is 79.9. The maximum Gasteiger partial charge on any atom is 0.405 e. The number of nitrogens with one attached hydrogen (secondary N) is 3. The summed E-state index contributed by atoms with van der Waals surface area (Å²) in [6.07, 6.45) is -3.27. The van der Waals surface area contributed by atoms with E-state index in [0.717, 1.165) is 6.20 Å². The molecule has 1 aromatic rings. The summed E-state index contributed by atoms with van der Waals surface area (Å²) < 4.78 is 39.8. The number of amides is 1. The van der Waals surface area contributed by atoms with E-state index in [2.05, 4.69) is 31.5 Å². The van der Waals surface area contributed by atoms with Crippen molar-refractivity contribution >= 4 is 34.2 Å². The summed E-state index contributed by atoms with van der Waals surface area (Å²) in [5.74, 6) is -0.675. The Morgan fingerprint density at radius 1 is 1.38 bits per heavy atom. The van der Waals surface area contributed by atoms with Crippen LogP contribution in [0.1, 0.15) is 10.4 Å². The van der Waals surface area contributed by atoms with E-state index < -0.39 is 30.2 Å². The van der Waals surface area contributed by atoms with Gasteiger partial charge in [0, 0.05) is 38.9 Å². The molecule has 1 unspecified atom stereocenters. The summed E-state index contributed by atoms with van der Waals surface area (Å²) in [5.41, 5.74) is -0.340. The minimum atomic E-state index is -4.43. The largest absolute Gasteiger partial charge is 0.405 e. The minimum absolute atomic E-state index is 0. The number of alkyl halides is 3. The van der Waals surface area contributed by atoms with Gasteiger partial charge in [-0.2, -0.15) is 13.2 Å². The lowest BCUT2D eigenvalue weighted by atomic mass is 10.2. The third kappa shape index (κ3) is 5.47. The molecular formula is C13H17BrClF3N4O2. The zero-order valence-corrected chi connectivity index (χ0v) is 14.9. The highest BCUT2D eigenvalue weighted by molar-refractivity contribution is 9.10. The molecule has 1 atom stereocenters. The molecule has 0 radical (unpaired) electrons. The average molecular weight is 434 g/mol. The zero-order chi connectivity index (χ0) is 17.0. The van der Waals surface area contributed by atoms with E-state index in [4.69, 9.17) is 0 Å². The first-order valence-electron chi connectivity index (χ1n) is 6.97. The molecule has 0 aromatic carbocycles. The monoisotopic (exact) mass is 432 g/mol. The molecule has 0 bridgehead atoms. The molecule has 1 aliphatic rings. The Bertz CT molecular complexity index is 620. The quantitative estimate of drug-likeness (QED) is 0.665. The van der Waals surface area contributed by atoms with E-state index in [1.807, 2.05) is 0 Å². The maximum absolute atomic E-state index is 13.2. The Kier molecular flexibility index (Phi) is 7.71. The van der Waals surface area contributed by atoms with Crippen LogP contribution in [0.25, 0.3) is 0 Å². The smallest absolute Gasteiger partial charge is 0.350 e. The number of halogens is 5. The number of pyridine rings is 1. The number of hydrogen-bond donors (Lipinski definition) is 3. The standard InChI is InChI=1S/C13H16BrF3N4O2.ClH/c14-9-5-8(6-19-12(9)23)11(22)20-7-10(13(15,16)17)21-3-1-18-2-4-21;/h5-6,10,18H,1-4,7H2,(H,19,23)(H,20,22);1H. The fourth-order valence-electron chi connectivity index (χ4n) is 2.32. The summed E-state index contributed by atoms with van der Waals surface area (Å²) in [6.45, 7) is 0.953. The lowest BCUT2D eigenvalue weighted by Crippen LogP contribution is -2.57. The summed E-state index contributed by atoms with van der Waals surface area (Å²) >= 11 is 2.97. The van der Waals surface area contributed by atoms with E-state index >= 15 is 0 Å². The van der Waals surface area contributed by atoms with Gasteiger partial charge in [0.15, 0.2) is 0 Å². The van der Waals surface area contributed by atoms with Crippen molar-refractivity contribution in [1.29, 1.82) is 0 Å². The van der Waals surface area contributed by atoms with Crippen LogP contribution in [0.3, 0.4) is 0 Å². The Labute approximate surface area is 150 Å². The normalized spacial score (nSPS) is 17.0. The highest BCUT2D eigenvalue weighted by Crippen LogP contribution is 2.24. The molecule has 1 aliphatic heterocycles. The van der Waals surface area contributed by atoms with Crippen LogP contribution in [0, 0.1) is 0 Å². The van der Waals surface area contributed by atoms with Crippen molar-refractivity contribution in [2.45, 2.75) is 12.2 Å². The van der Waals surface area contributed by atoms with E-state index in [-0.39, 0.29) is 35.5 Å². The second-order valence-corrected chi connectivity index (χ2v) is 5.97. The summed E-state index contributed by atoms with van der Waals surface area (Å²) in [5, 5.41) is 5.27. The van der Waals surface area contributed by atoms with Crippen LogP contribution < -0.4 is 16.2 Å². The first kappa shape index (κ1) is 20.9. The molecule has 24 heavy (non-hydrogen) atoms. The number of aromatic nitrogens is 1. The van der Waals surface area contributed by atoms with E-state index in [1.165, 1.54) is 11.0 Å². The Hall–Kier alpha value is -1.10. The Morgan fingerprint density at radius 2 is 2.00 bits per heavy atom. The molecule has 6 nitrogen and oxygen atoms in total. The number of hydrogen-bond acceptors (Lipinski definition) is 4. The number of H-pyrrole nitrogens is 1. The fourth-order valence-corrected chi connectivity index (χ4v) is 2.69. The second-order valence-electron chi connectivity index (χ2n) is 5.12. The third-order valence-electron chi connectivity index (χ3n) is 3.55. The van der Waals surface area contributed by atoms with Crippen LogP contribution >= 0.6 is 28.3 Å². The van der Waals surface area contributed by atoms with Crippen molar-refractivity contribution < 1.29 is 18.0 Å². The molecule has 1 fully saturated rings. The van der Waals surface area contributed by atoms with Gasteiger partial charge in [0.25, 0.3) is 11.5 Å². The number of rotatable bonds is 4. The molecule has 3 N–H and O–H groups in total. The number of nitrogens with zero attached hydrogens (tertiary/aromatic N) is 1. The van der Waals surface area contributed by atoms with Gasteiger partial charge in [-0.1, -0.05) is 0 Å².